The summed E-state index contributed by atoms with van der Waals surface area (Å²) in [6.45, 7) is 2.11. The summed E-state index contributed by atoms with van der Waals surface area (Å²) in [5, 5.41) is 8.94. The summed E-state index contributed by atoms with van der Waals surface area (Å²) >= 11 is 0. The van der Waals surface area contributed by atoms with E-state index < -0.39 is 5.97 Å². The Labute approximate surface area is 107 Å². The van der Waals surface area contributed by atoms with E-state index in [1.807, 2.05) is 42.5 Å². The second-order valence-electron chi connectivity index (χ2n) is 4.40. The summed E-state index contributed by atoms with van der Waals surface area (Å²) in [6.07, 6.45) is 0.0767. The maximum absolute atomic E-state index is 10.9. The van der Waals surface area contributed by atoms with E-state index in [0.29, 0.717) is 0 Å². The highest BCUT2D eigenvalue weighted by Gasteiger charge is 2.13. The van der Waals surface area contributed by atoms with E-state index in [9.17, 15) is 4.79 Å². The van der Waals surface area contributed by atoms with Crippen molar-refractivity contribution in [3.8, 4) is 0 Å². The molecule has 0 fully saturated rings. The van der Waals surface area contributed by atoms with Crippen LogP contribution in [0.5, 0.6) is 0 Å². The monoisotopic (exact) mass is 240 g/mol. The molecule has 1 atom stereocenters. The number of carboxylic acids is 1. The minimum absolute atomic E-state index is 0.0767. The molecular formula is C16H16O2. The molecule has 2 nitrogen and oxygen atoms in total. The maximum atomic E-state index is 10.9. The molecule has 0 heterocycles. The van der Waals surface area contributed by atoms with Crippen molar-refractivity contribution in [2.24, 2.45) is 0 Å². The van der Waals surface area contributed by atoms with E-state index in [1.54, 1.807) is 0 Å². The van der Waals surface area contributed by atoms with Crippen molar-refractivity contribution < 1.29 is 9.90 Å². The van der Waals surface area contributed by atoms with Crippen molar-refractivity contribution in [3.05, 3.63) is 71.3 Å². The van der Waals surface area contributed by atoms with E-state index >= 15 is 0 Å². The van der Waals surface area contributed by atoms with Gasteiger partial charge in [0.1, 0.15) is 0 Å². The van der Waals surface area contributed by atoms with Gasteiger partial charge in [-0.05, 0) is 16.7 Å². The van der Waals surface area contributed by atoms with Crippen LogP contribution in [0.2, 0.25) is 0 Å². The average Bonchev–Trinajstić information content (AvgIpc) is 2.39. The number of benzene rings is 2. The Morgan fingerprint density at radius 2 is 1.67 bits per heavy atom. The van der Waals surface area contributed by atoms with E-state index in [2.05, 4.69) is 19.1 Å². The van der Waals surface area contributed by atoms with Crippen molar-refractivity contribution in [2.45, 2.75) is 19.3 Å². The highest BCUT2D eigenvalue weighted by Crippen LogP contribution is 2.26. The Morgan fingerprint density at radius 1 is 1.06 bits per heavy atom. The third-order valence-corrected chi connectivity index (χ3v) is 3.16. The van der Waals surface area contributed by atoms with Crippen LogP contribution in [-0.4, -0.2) is 11.1 Å². The Morgan fingerprint density at radius 3 is 2.33 bits per heavy atom. The van der Waals surface area contributed by atoms with Crippen molar-refractivity contribution in [1.29, 1.82) is 0 Å². The fourth-order valence-corrected chi connectivity index (χ4v) is 2.20. The zero-order chi connectivity index (χ0) is 13.0. The molecule has 2 aromatic carbocycles. The Balaban J connectivity index is 2.36. The number of hydrogen-bond acceptors (Lipinski definition) is 1. The predicted octanol–water partition coefficient (Wildman–Crippen LogP) is 3.47. The van der Waals surface area contributed by atoms with E-state index in [0.717, 1.165) is 11.1 Å². The van der Waals surface area contributed by atoms with Crippen LogP contribution in [0.25, 0.3) is 0 Å². The SMILES string of the molecule is CC(c1ccccc1)c1ccccc1CC(=O)O. The van der Waals surface area contributed by atoms with Gasteiger partial charge in [0.2, 0.25) is 0 Å². The first-order chi connectivity index (χ1) is 8.68. The van der Waals surface area contributed by atoms with Gasteiger partial charge in [0, 0.05) is 5.92 Å². The molecule has 0 amide bonds. The minimum Gasteiger partial charge on any atom is -0.481 e. The van der Waals surface area contributed by atoms with E-state index in [-0.39, 0.29) is 12.3 Å². The van der Waals surface area contributed by atoms with Crippen LogP contribution in [0.4, 0.5) is 0 Å². The summed E-state index contributed by atoms with van der Waals surface area (Å²) in [4.78, 5) is 10.9. The van der Waals surface area contributed by atoms with Crippen LogP contribution >= 0.6 is 0 Å². The largest absolute Gasteiger partial charge is 0.481 e. The zero-order valence-corrected chi connectivity index (χ0v) is 10.3. The summed E-state index contributed by atoms with van der Waals surface area (Å²) in [5.41, 5.74) is 3.18. The number of rotatable bonds is 4. The van der Waals surface area contributed by atoms with Crippen molar-refractivity contribution in [2.75, 3.05) is 0 Å². The average molecular weight is 240 g/mol. The van der Waals surface area contributed by atoms with Gasteiger partial charge in [-0.1, -0.05) is 61.5 Å². The molecule has 0 aromatic heterocycles. The molecule has 0 saturated carbocycles. The fourth-order valence-electron chi connectivity index (χ4n) is 2.20. The number of carbonyl (C=O) groups is 1. The Bertz CT molecular complexity index is 532. The lowest BCUT2D eigenvalue weighted by Crippen LogP contribution is -2.06. The molecular weight excluding hydrogens is 224 g/mol. The van der Waals surface area contributed by atoms with Gasteiger partial charge in [-0.3, -0.25) is 4.79 Å². The van der Waals surface area contributed by atoms with Crippen molar-refractivity contribution in [1.82, 2.24) is 0 Å². The van der Waals surface area contributed by atoms with Gasteiger partial charge < -0.3 is 5.11 Å². The topological polar surface area (TPSA) is 37.3 Å². The highest BCUT2D eigenvalue weighted by atomic mass is 16.4. The van der Waals surface area contributed by atoms with Gasteiger partial charge in [-0.15, -0.1) is 0 Å². The van der Waals surface area contributed by atoms with Gasteiger partial charge in [0.05, 0.1) is 6.42 Å². The van der Waals surface area contributed by atoms with Gasteiger partial charge in [0.15, 0.2) is 0 Å². The number of aliphatic carboxylic acids is 1. The fraction of sp³-hybridized carbons (Fsp3) is 0.188. The van der Waals surface area contributed by atoms with Gasteiger partial charge >= 0.3 is 5.97 Å². The van der Waals surface area contributed by atoms with Gasteiger partial charge in [0.25, 0.3) is 0 Å². The zero-order valence-electron chi connectivity index (χ0n) is 10.3. The minimum atomic E-state index is -0.789. The molecule has 2 rings (SSSR count). The van der Waals surface area contributed by atoms with Crippen LogP contribution < -0.4 is 0 Å². The smallest absolute Gasteiger partial charge is 0.307 e. The first kappa shape index (κ1) is 12.4. The number of hydrogen-bond donors (Lipinski definition) is 1. The predicted molar refractivity (Wildman–Crippen MR) is 71.7 cm³/mol. The summed E-state index contributed by atoms with van der Waals surface area (Å²) < 4.78 is 0. The number of carboxylic acid groups (broad SMARTS) is 1. The third kappa shape index (κ3) is 2.77. The molecule has 0 bridgehead atoms. The molecule has 0 aliphatic rings. The molecule has 0 spiro atoms. The second kappa shape index (κ2) is 5.50. The van der Waals surface area contributed by atoms with Crippen LogP contribution in [-0.2, 0) is 11.2 Å². The molecule has 1 unspecified atom stereocenters. The van der Waals surface area contributed by atoms with Crippen LogP contribution in [0, 0.1) is 0 Å². The summed E-state index contributed by atoms with van der Waals surface area (Å²) in [7, 11) is 0. The molecule has 1 N–H and O–H groups in total. The van der Waals surface area contributed by atoms with Crippen LogP contribution in [0.1, 0.15) is 29.5 Å². The van der Waals surface area contributed by atoms with E-state index in [1.165, 1.54) is 5.56 Å². The van der Waals surface area contributed by atoms with Crippen LogP contribution in [0.15, 0.2) is 54.6 Å². The van der Waals surface area contributed by atoms with E-state index in [4.69, 9.17) is 5.11 Å². The molecule has 0 aliphatic heterocycles. The first-order valence-corrected chi connectivity index (χ1v) is 6.03. The lowest BCUT2D eigenvalue weighted by atomic mass is 9.89. The summed E-state index contributed by atoms with van der Waals surface area (Å²) in [6, 6.07) is 17.9. The standard InChI is InChI=1S/C16H16O2/c1-12(13-7-3-2-4-8-13)15-10-6-5-9-14(15)11-16(17)18/h2-10,12H,11H2,1H3,(H,17,18). The maximum Gasteiger partial charge on any atom is 0.307 e. The van der Waals surface area contributed by atoms with Crippen LogP contribution in [0.3, 0.4) is 0 Å². The molecule has 0 saturated heterocycles. The third-order valence-electron chi connectivity index (χ3n) is 3.16. The normalized spacial score (nSPS) is 12.1. The molecule has 0 aliphatic carbocycles. The molecule has 92 valence electrons. The lowest BCUT2D eigenvalue weighted by molar-refractivity contribution is -0.136. The highest BCUT2D eigenvalue weighted by molar-refractivity contribution is 5.71. The van der Waals surface area contributed by atoms with Crippen molar-refractivity contribution >= 4 is 5.97 Å². The lowest BCUT2D eigenvalue weighted by Gasteiger charge is -2.16. The second-order valence-corrected chi connectivity index (χ2v) is 4.40. The molecule has 2 heteroatoms. The molecule has 18 heavy (non-hydrogen) atoms. The van der Waals surface area contributed by atoms with Gasteiger partial charge in [-0.2, -0.15) is 0 Å². The molecule has 2 aromatic rings. The summed E-state index contributed by atoms with van der Waals surface area (Å²) in [5.74, 6) is -0.579. The van der Waals surface area contributed by atoms with Gasteiger partial charge in [-0.25, -0.2) is 0 Å². The molecule has 0 radical (unpaired) electrons. The first-order valence-electron chi connectivity index (χ1n) is 6.03. The Kier molecular flexibility index (Phi) is 3.78. The quantitative estimate of drug-likeness (QED) is 0.888. The van der Waals surface area contributed by atoms with Crippen molar-refractivity contribution in [3.63, 3.8) is 0 Å². The Hall–Kier alpha value is -2.09.